The summed E-state index contributed by atoms with van der Waals surface area (Å²) in [5, 5.41) is 16.6. The van der Waals surface area contributed by atoms with Crippen LogP contribution in [0.15, 0.2) is 53.8 Å². The first-order valence-electron chi connectivity index (χ1n) is 10.2. The number of anilines is 4. The van der Waals surface area contributed by atoms with Crippen molar-refractivity contribution < 1.29 is 13.9 Å². The van der Waals surface area contributed by atoms with Gasteiger partial charge >= 0.3 is 0 Å². The smallest absolute Gasteiger partial charge is 0.273 e. The number of amides is 1. The summed E-state index contributed by atoms with van der Waals surface area (Å²) in [7, 11) is 4.51. The number of halogens is 1. The second-order valence-corrected chi connectivity index (χ2v) is 7.16. The van der Waals surface area contributed by atoms with Crippen LogP contribution in [-0.4, -0.2) is 49.8 Å². The first-order valence-corrected chi connectivity index (χ1v) is 10.2. The molecule has 0 unspecified atom stereocenters. The van der Waals surface area contributed by atoms with Crippen LogP contribution in [0.4, 0.5) is 27.4 Å². The molecule has 3 aromatic heterocycles. The summed E-state index contributed by atoms with van der Waals surface area (Å²) in [6.45, 7) is 0. The number of nitrogens with zero attached hydrogens (tertiary/aromatic N) is 6. The summed E-state index contributed by atoms with van der Waals surface area (Å²) in [5.41, 5.74) is 1.01. The van der Waals surface area contributed by atoms with Gasteiger partial charge in [-0.1, -0.05) is 6.07 Å². The number of hydrogen-bond donors (Lipinski definition) is 3. The molecule has 0 fully saturated rings. The molecule has 12 nitrogen and oxygen atoms in total. The molecular formula is C22H20FN9O3. The average Bonchev–Trinajstić information content (AvgIpc) is 2.86. The second-order valence-electron chi connectivity index (χ2n) is 7.16. The van der Waals surface area contributed by atoms with Gasteiger partial charge in [0.15, 0.2) is 28.9 Å². The number of aromatic nitrogens is 6. The molecule has 1 amide bonds. The van der Waals surface area contributed by atoms with Gasteiger partial charge in [0.2, 0.25) is 0 Å². The lowest BCUT2D eigenvalue weighted by atomic mass is 10.1. The third-order valence-corrected chi connectivity index (χ3v) is 4.82. The minimum Gasteiger partial charge on any atom is -0.494 e. The summed E-state index contributed by atoms with van der Waals surface area (Å²) in [4.78, 5) is 36.5. The van der Waals surface area contributed by atoms with Gasteiger partial charge in [0.1, 0.15) is 5.82 Å². The van der Waals surface area contributed by atoms with E-state index in [2.05, 4.69) is 41.1 Å². The number of ether oxygens (including phenoxy) is 1. The van der Waals surface area contributed by atoms with E-state index < -0.39 is 11.7 Å². The van der Waals surface area contributed by atoms with Crippen LogP contribution in [-0.2, 0) is 7.05 Å². The highest BCUT2D eigenvalue weighted by atomic mass is 19.1. The molecule has 0 saturated carbocycles. The number of hydrogen-bond acceptors (Lipinski definition) is 10. The number of methoxy groups -OCH3 is 1. The zero-order valence-electron chi connectivity index (χ0n) is 18.9. The van der Waals surface area contributed by atoms with Crippen LogP contribution < -0.4 is 26.2 Å². The predicted molar refractivity (Wildman–Crippen MR) is 125 cm³/mol. The van der Waals surface area contributed by atoms with Crippen molar-refractivity contribution in [1.82, 2.24) is 35.0 Å². The van der Waals surface area contributed by atoms with Gasteiger partial charge in [-0.15, -0.1) is 10.2 Å². The Labute approximate surface area is 198 Å². The van der Waals surface area contributed by atoms with Crippen LogP contribution in [0.5, 0.6) is 5.75 Å². The first kappa shape index (κ1) is 23.2. The molecule has 0 atom stereocenters. The number of para-hydroxylation sites is 1. The highest BCUT2D eigenvalue weighted by molar-refractivity contribution is 5.99. The van der Waals surface area contributed by atoms with Crippen molar-refractivity contribution >= 4 is 28.9 Å². The average molecular weight is 477 g/mol. The number of carbonyl (C=O) groups is 1. The summed E-state index contributed by atoms with van der Waals surface area (Å²) in [6, 6.07) is 8.00. The summed E-state index contributed by atoms with van der Waals surface area (Å²) in [6.07, 6.45) is 3.48. The quantitative estimate of drug-likeness (QED) is 0.361. The topological polar surface area (TPSA) is 149 Å². The molecule has 3 N–H and O–H groups in total. The molecule has 0 aliphatic heterocycles. The highest BCUT2D eigenvalue weighted by Crippen LogP contribution is 2.37. The third-order valence-electron chi connectivity index (χ3n) is 4.82. The SMILES string of the molecule is CNC(=O)c1nnc(Nc2cc(=O)n(C)cn2)cc1Nc1cccc(-c2ncc(F)cn2)c1OC. The first-order chi connectivity index (χ1) is 16.9. The van der Waals surface area contributed by atoms with E-state index in [1.807, 2.05) is 0 Å². The number of benzene rings is 1. The normalized spacial score (nSPS) is 10.5. The molecule has 13 heteroatoms. The fraction of sp³-hybridized carbons (Fsp3) is 0.136. The maximum Gasteiger partial charge on any atom is 0.273 e. The molecule has 0 spiro atoms. The van der Waals surface area contributed by atoms with E-state index in [1.54, 1.807) is 25.2 Å². The van der Waals surface area contributed by atoms with Gasteiger partial charge in [-0.05, 0) is 12.1 Å². The summed E-state index contributed by atoms with van der Waals surface area (Å²) >= 11 is 0. The van der Waals surface area contributed by atoms with Crippen LogP contribution in [0.3, 0.4) is 0 Å². The highest BCUT2D eigenvalue weighted by Gasteiger charge is 2.19. The van der Waals surface area contributed by atoms with Crippen molar-refractivity contribution in [2.75, 3.05) is 24.8 Å². The van der Waals surface area contributed by atoms with Crippen molar-refractivity contribution in [2.45, 2.75) is 0 Å². The van der Waals surface area contributed by atoms with E-state index in [-0.39, 0.29) is 28.7 Å². The third kappa shape index (κ3) is 5.03. The van der Waals surface area contributed by atoms with Gasteiger partial charge in [-0.25, -0.2) is 19.3 Å². The molecule has 0 aliphatic rings. The van der Waals surface area contributed by atoms with Gasteiger partial charge in [-0.2, -0.15) is 0 Å². The van der Waals surface area contributed by atoms with Crippen LogP contribution >= 0.6 is 0 Å². The molecule has 0 saturated heterocycles. The Morgan fingerprint density at radius 2 is 1.80 bits per heavy atom. The largest absolute Gasteiger partial charge is 0.494 e. The molecule has 35 heavy (non-hydrogen) atoms. The van der Waals surface area contributed by atoms with E-state index >= 15 is 0 Å². The van der Waals surface area contributed by atoms with Crippen LogP contribution in [0, 0.1) is 5.82 Å². The Kier molecular flexibility index (Phi) is 6.57. The van der Waals surface area contributed by atoms with Crippen molar-refractivity contribution in [3.8, 4) is 17.1 Å². The van der Waals surface area contributed by atoms with E-state index in [0.29, 0.717) is 22.7 Å². The minimum atomic E-state index is -0.564. The standard InChI is InChI=1S/C22H20FN9O3/c1-24-22(34)19-15(7-17(30-31-19)29-16-8-18(33)32(2)11-27-16)28-14-6-4-5-13(20(14)35-3)21-25-9-12(23)10-26-21/h4-11H,1-3H3,(H,24,34)(H2,28,29,30). The second kappa shape index (κ2) is 9.91. The lowest BCUT2D eigenvalue weighted by Crippen LogP contribution is -2.21. The zero-order chi connectivity index (χ0) is 24.9. The number of nitrogens with one attached hydrogen (secondary N) is 3. The van der Waals surface area contributed by atoms with Gasteiger partial charge in [0, 0.05) is 26.2 Å². The van der Waals surface area contributed by atoms with Gasteiger partial charge in [0.25, 0.3) is 11.5 Å². The lowest BCUT2D eigenvalue weighted by Gasteiger charge is -2.16. The van der Waals surface area contributed by atoms with Crippen LogP contribution in [0.25, 0.3) is 11.4 Å². The lowest BCUT2D eigenvalue weighted by molar-refractivity contribution is 0.0958. The number of aryl methyl sites for hydroxylation is 1. The monoisotopic (exact) mass is 477 g/mol. The fourth-order valence-corrected chi connectivity index (χ4v) is 3.12. The van der Waals surface area contributed by atoms with E-state index in [4.69, 9.17) is 4.74 Å². The molecule has 0 aliphatic carbocycles. The Balaban J connectivity index is 1.74. The van der Waals surface area contributed by atoms with Crippen molar-refractivity contribution in [2.24, 2.45) is 7.05 Å². The van der Waals surface area contributed by atoms with Gasteiger partial charge in [-0.3, -0.25) is 9.59 Å². The number of rotatable bonds is 7. The minimum absolute atomic E-state index is 0.0143. The maximum atomic E-state index is 13.3. The predicted octanol–water partition coefficient (Wildman–Crippen LogP) is 2.02. The maximum absolute atomic E-state index is 13.3. The van der Waals surface area contributed by atoms with Gasteiger partial charge < -0.3 is 25.3 Å². The molecule has 178 valence electrons. The Hall–Kier alpha value is -4.94. The van der Waals surface area contributed by atoms with Gasteiger partial charge in [0.05, 0.1) is 42.8 Å². The molecule has 1 aromatic carbocycles. The molecule has 0 radical (unpaired) electrons. The molecular weight excluding hydrogens is 457 g/mol. The molecule has 4 rings (SSSR count). The molecule has 0 bridgehead atoms. The van der Waals surface area contributed by atoms with E-state index in [1.165, 1.54) is 37.2 Å². The van der Waals surface area contributed by atoms with Crippen molar-refractivity contribution in [3.05, 3.63) is 70.9 Å². The van der Waals surface area contributed by atoms with E-state index in [0.717, 1.165) is 12.4 Å². The number of carbonyl (C=O) groups excluding carboxylic acids is 1. The Morgan fingerprint density at radius 3 is 2.49 bits per heavy atom. The molecule has 4 aromatic rings. The van der Waals surface area contributed by atoms with Crippen molar-refractivity contribution in [1.29, 1.82) is 0 Å². The molecule has 3 heterocycles. The zero-order valence-corrected chi connectivity index (χ0v) is 18.9. The van der Waals surface area contributed by atoms with Crippen molar-refractivity contribution in [3.63, 3.8) is 0 Å². The fourth-order valence-electron chi connectivity index (χ4n) is 3.12. The Morgan fingerprint density at radius 1 is 1.03 bits per heavy atom. The van der Waals surface area contributed by atoms with E-state index in [9.17, 15) is 14.0 Å². The van der Waals surface area contributed by atoms with Crippen LogP contribution in [0.1, 0.15) is 10.5 Å². The Bertz CT molecular complexity index is 1440. The summed E-state index contributed by atoms with van der Waals surface area (Å²) < 4.78 is 20.2. The summed E-state index contributed by atoms with van der Waals surface area (Å²) in [5.74, 6) is 0.0694. The van der Waals surface area contributed by atoms with Crippen LogP contribution in [0.2, 0.25) is 0 Å².